The first-order valence-corrected chi connectivity index (χ1v) is 12.4. The molecule has 0 bridgehead atoms. The molecule has 1 unspecified atom stereocenters. The molecule has 1 aliphatic rings. The number of benzene rings is 2. The highest BCUT2D eigenvalue weighted by Crippen LogP contribution is 2.29. The lowest BCUT2D eigenvalue weighted by Crippen LogP contribution is -2.43. The number of anilines is 2. The molecule has 1 atom stereocenters. The Morgan fingerprint density at radius 1 is 0.971 bits per heavy atom. The Bertz CT molecular complexity index is 957. The van der Waals surface area contributed by atoms with Gasteiger partial charge in [-0.25, -0.2) is 0 Å². The maximum Gasteiger partial charge on any atom is 0.252 e. The molecule has 0 spiro atoms. The predicted octanol–water partition coefficient (Wildman–Crippen LogP) is 5.01. The second-order valence-corrected chi connectivity index (χ2v) is 8.43. The van der Waals surface area contributed by atoms with Crippen molar-refractivity contribution in [1.82, 2.24) is 5.32 Å². The van der Waals surface area contributed by atoms with Gasteiger partial charge in [0.25, 0.3) is 5.91 Å². The van der Waals surface area contributed by atoms with Crippen LogP contribution >= 0.6 is 0 Å². The third-order valence-corrected chi connectivity index (χ3v) is 5.86. The normalized spacial score (nSPS) is 13.9. The Morgan fingerprint density at radius 2 is 1.71 bits per heavy atom. The summed E-state index contributed by atoms with van der Waals surface area (Å²) in [6, 6.07) is 12.4. The number of unbranched alkanes of at least 4 members (excludes halogenated alkanes) is 1. The fourth-order valence-electron chi connectivity index (χ4n) is 4.10. The number of rotatable bonds is 12. The first-order chi connectivity index (χ1) is 16.5. The fraction of sp³-hybridized carbons (Fsp3) is 0.481. The van der Waals surface area contributed by atoms with E-state index in [2.05, 4.69) is 28.5 Å². The van der Waals surface area contributed by atoms with Crippen LogP contribution in [0.25, 0.3) is 0 Å². The summed E-state index contributed by atoms with van der Waals surface area (Å²) in [5, 5.41) is 5.93. The number of nitrogens with one attached hydrogen (secondary N) is 2. The zero-order valence-corrected chi connectivity index (χ0v) is 20.6. The van der Waals surface area contributed by atoms with Gasteiger partial charge in [0.15, 0.2) is 11.5 Å². The van der Waals surface area contributed by atoms with Crippen molar-refractivity contribution in [1.29, 1.82) is 0 Å². The van der Waals surface area contributed by atoms with Crippen LogP contribution in [0, 0.1) is 0 Å². The third kappa shape index (κ3) is 6.89. The van der Waals surface area contributed by atoms with Gasteiger partial charge in [0, 0.05) is 30.0 Å². The van der Waals surface area contributed by atoms with E-state index in [-0.39, 0.29) is 11.8 Å². The lowest BCUT2D eigenvalue weighted by molar-refractivity contribution is -0.118. The topological polar surface area (TPSA) is 79.9 Å². The van der Waals surface area contributed by atoms with Crippen LogP contribution in [0.15, 0.2) is 42.5 Å². The minimum absolute atomic E-state index is 0.212. The molecule has 0 aliphatic carbocycles. The first-order valence-electron chi connectivity index (χ1n) is 12.4. The van der Waals surface area contributed by atoms with Gasteiger partial charge in [-0.1, -0.05) is 25.8 Å². The van der Waals surface area contributed by atoms with Gasteiger partial charge < -0.3 is 25.0 Å². The zero-order chi connectivity index (χ0) is 24.3. The van der Waals surface area contributed by atoms with Gasteiger partial charge in [-0.05, 0) is 69.5 Å². The zero-order valence-electron chi connectivity index (χ0n) is 20.6. The van der Waals surface area contributed by atoms with E-state index >= 15 is 0 Å². The summed E-state index contributed by atoms with van der Waals surface area (Å²) < 4.78 is 11.2. The van der Waals surface area contributed by atoms with Crippen LogP contribution in [0.1, 0.15) is 63.2 Å². The van der Waals surface area contributed by atoms with E-state index in [1.54, 1.807) is 18.2 Å². The highest BCUT2D eigenvalue weighted by Gasteiger charge is 2.22. The molecule has 2 N–H and O–H groups in total. The number of carbonyl (C=O) groups is 2. The smallest absolute Gasteiger partial charge is 0.252 e. The standard InChI is InChI=1S/C27H37N3O4/c1-4-7-13-23(27(32)28-21-11-10-12-22(19-21)30-16-8-9-17-30)29-26(31)20-14-15-24(33-5-2)25(18-20)34-6-3/h10-12,14-15,18-19,23H,4-9,13,16-17H2,1-3H3,(H,28,32)(H,29,31). The van der Waals surface area contributed by atoms with Gasteiger partial charge in [0.05, 0.1) is 13.2 Å². The lowest BCUT2D eigenvalue weighted by Gasteiger charge is -2.21. The van der Waals surface area contributed by atoms with Gasteiger partial charge in [0.2, 0.25) is 5.91 Å². The summed E-state index contributed by atoms with van der Waals surface area (Å²) in [5.74, 6) is 0.590. The maximum atomic E-state index is 13.1. The number of nitrogens with zero attached hydrogens (tertiary/aromatic N) is 1. The molecule has 1 heterocycles. The Morgan fingerprint density at radius 3 is 2.41 bits per heavy atom. The predicted molar refractivity (Wildman–Crippen MR) is 136 cm³/mol. The number of amides is 2. The van der Waals surface area contributed by atoms with Crippen LogP contribution in [-0.4, -0.2) is 44.2 Å². The van der Waals surface area contributed by atoms with Crippen molar-refractivity contribution >= 4 is 23.2 Å². The van der Waals surface area contributed by atoms with Crippen LogP contribution in [0.4, 0.5) is 11.4 Å². The molecule has 7 heteroatoms. The Hall–Kier alpha value is -3.22. The lowest BCUT2D eigenvalue weighted by atomic mass is 10.1. The average Bonchev–Trinajstić information content (AvgIpc) is 3.38. The summed E-state index contributed by atoms with van der Waals surface area (Å²) in [6.45, 7) is 8.89. The van der Waals surface area contributed by atoms with Crippen LogP contribution < -0.4 is 25.0 Å². The van der Waals surface area contributed by atoms with Gasteiger partial charge in [0.1, 0.15) is 6.04 Å². The monoisotopic (exact) mass is 467 g/mol. The van der Waals surface area contributed by atoms with Crippen LogP contribution in [-0.2, 0) is 4.79 Å². The molecule has 2 amide bonds. The molecule has 7 nitrogen and oxygen atoms in total. The molecular formula is C27H37N3O4. The van der Waals surface area contributed by atoms with Crippen molar-refractivity contribution in [3.8, 4) is 11.5 Å². The highest BCUT2D eigenvalue weighted by atomic mass is 16.5. The van der Waals surface area contributed by atoms with E-state index in [1.165, 1.54) is 12.8 Å². The van der Waals surface area contributed by atoms with E-state index in [0.717, 1.165) is 37.3 Å². The number of hydrogen-bond acceptors (Lipinski definition) is 5. The van der Waals surface area contributed by atoms with E-state index < -0.39 is 6.04 Å². The molecule has 2 aromatic carbocycles. The van der Waals surface area contributed by atoms with Crippen molar-refractivity contribution in [2.45, 2.75) is 58.9 Å². The molecule has 184 valence electrons. The Labute approximate surface area is 202 Å². The largest absolute Gasteiger partial charge is 0.490 e. The van der Waals surface area contributed by atoms with Gasteiger partial charge >= 0.3 is 0 Å². The number of carbonyl (C=O) groups excluding carboxylic acids is 2. The Kier molecular flexibility index (Phi) is 9.62. The van der Waals surface area contributed by atoms with E-state index in [4.69, 9.17) is 9.47 Å². The molecule has 0 aromatic heterocycles. The van der Waals surface area contributed by atoms with E-state index in [9.17, 15) is 9.59 Å². The van der Waals surface area contributed by atoms with Crippen molar-refractivity contribution in [3.05, 3.63) is 48.0 Å². The maximum absolute atomic E-state index is 13.1. The minimum atomic E-state index is -0.634. The van der Waals surface area contributed by atoms with Crippen molar-refractivity contribution in [2.24, 2.45) is 0 Å². The molecule has 3 rings (SSSR count). The molecule has 1 fully saturated rings. The third-order valence-electron chi connectivity index (χ3n) is 5.86. The molecule has 0 radical (unpaired) electrons. The van der Waals surface area contributed by atoms with Crippen molar-refractivity contribution in [3.63, 3.8) is 0 Å². The van der Waals surface area contributed by atoms with Crippen LogP contribution in [0.3, 0.4) is 0 Å². The van der Waals surface area contributed by atoms with Gasteiger partial charge in [-0.2, -0.15) is 0 Å². The Balaban J connectivity index is 1.71. The summed E-state index contributed by atoms with van der Waals surface area (Å²) in [6.07, 6.45) is 4.72. The molecule has 34 heavy (non-hydrogen) atoms. The minimum Gasteiger partial charge on any atom is -0.490 e. The summed E-state index contributed by atoms with van der Waals surface area (Å²) in [5.41, 5.74) is 2.28. The second-order valence-electron chi connectivity index (χ2n) is 8.43. The number of ether oxygens (including phenoxy) is 2. The molecule has 2 aromatic rings. The highest BCUT2D eigenvalue weighted by molar-refractivity contribution is 6.01. The van der Waals surface area contributed by atoms with Gasteiger partial charge in [-0.15, -0.1) is 0 Å². The van der Waals surface area contributed by atoms with E-state index in [1.807, 2.05) is 32.0 Å². The van der Waals surface area contributed by atoms with Crippen LogP contribution in [0.2, 0.25) is 0 Å². The second kappa shape index (κ2) is 12.9. The summed E-state index contributed by atoms with van der Waals surface area (Å²) in [4.78, 5) is 28.5. The molecule has 1 saturated heterocycles. The summed E-state index contributed by atoms with van der Waals surface area (Å²) >= 11 is 0. The molecular weight excluding hydrogens is 430 g/mol. The van der Waals surface area contributed by atoms with Crippen LogP contribution in [0.5, 0.6) is 11.5 Å². The van der Waals surface area contributed by atoms with Crippen molar-refractivity contribution in [2.75, 3.05) is 36.5 Å². The van der Waals surface area contributed by atoms with Crippen molar-refractivity contribution < 1.29 is 19.1 Å². The average molecular weight is 468 g/mol. The molecule has 0 saturated carbocycles. The van der Waals surface area contributed by atoms with E-state index in [0.29, 0.717) is 36.7 Å². The van der Waals surface area contributed by atoms with Gasteiger partial charge in [-0.3, -0.25) is 9.59 Å². The quantitative estimate of drug-likeness (QED) is 0.459. The molecule has 1 aliphatic heterocycles. The number of hydrogen-bond donors (Lipinski definition) is 2. The summed E-state index contributed by atoms with van der Waals surface area (Å²) in [7, 11) is 0. The fourth-order valence-corrected chi connectivity index (χ4v) is 4.10. The SMILES string of the molecule is CCCCC(NC(=O)c1ccc(OCC)c(OCC)c1)C(=O)Nc1cccc(N2CCCC2)c1. The first kappa shape index (κ1) is 25.4.